The summed E-state index contributed by atoms with van der Waals surface area (Å²) in [5.74, 6) is -0.530. The van der Waals surface area contributed by atoms with Crippen LogP contribution in [0, 0.1) is 0 Å². The van der Waals surface area contributed by atoms with Gasteiger partial charge >= 0.3 is 6.18 Å². The number of benzene rings is 2. The summed E-state index contributed by atoms with van der Waals surface area (Å²) in [7, 11) is -2.97. The van der Waals surface area contributed by atoms with Crippen LogP contribution in [-0.4, -0.2) is 27.3 Å². The zero-order chi connectivity index (χ0) is 20.7. The van der Waals surface area contributed by atoms with Gasteiger partial charge in [-0.1, -0.05) is 23.2 Å². The van der Waals surface area contributed by atoms with Crippen molar-refractivity contribution in [3.63, 3.8) is 0 Å². The summed E-state index contributed by atoms with van der Waals surface area (Å²) in [6.07, 6.45) is -4.04. The number of nitrogens with one attached hydrogen (secondary N) is 1. The molecule has 0 atom stereocenters. The molecule has 0 radical (unpaired) electrons. The highest BCUT2D eigenvalue weighted by Crippen LogP contribution is 2.51. The fourth-order valence-corrected chi connectivity index (χ4v) is 4.87. The second-order valence-electron chi connectivity index (χ2n) is 6.14. The normalized spacial score (nSPS) is 17.5. The number of carbonyl (C=O) groups is 1. The van der Waals surface area contributed by atoms with Crippen molar-refractivity contribution in [2.75, 3.05) is 21.9 Å². The first-order valence-corrected chi connectivity index (χ1v) is 10.4. The summed E-state index contributed by atoms with van der Waals surface area (Å²) in [6, 6.07) is 7.02. The Hall–Kier alpha value is -1.65. The van der Waals surface area contributed by atoms with Crippen molar-refractivity contribution in [2.45, 2.75) is 12.6 Å². The fraction of sp³-hybridized carbons (Fsp3) is 0.235. The Morgan fingerprint density at radius 1 is 1.14 bits per heavy atom. The summed E-state index contributed by atoms with van der Waals surface area (Å²) in [4.78, 5) is 12.6. The van der Waals surface area contributed by atoms with E-state index in [1.54, 1.807) is 6.07 Å². The van der Waals surface area contributed by atoms with Gasteiger partial charge in [-0.3, -0.25) is 18.2 Å². The molecule has 5 nitrogen and oxygen atoms in total. The molecule has 0 aromatic heterocycles. The molecule has 1 aliphatic heterocycles. The van der Waals surface area contributed by atoms with E-state index in [9.17, 15) is 27.1 Å². The van der Waals surface area contributed by atoms with Crippen molar-refractivity contribution in [3.05, 3.63) is 57.6 Å². The van der Waals surface area contributed by atoms with E-state index >= 15 is 0 Å². The van der Waals surface area contributed by atoms with Gasteiger partial charge in [0.05, 0.1) is 27.6 Å². The first-order chi connectivity index (χ1) is 13.0. The molecule has 2 aromatic carbocycles. The minimum Gasteiger partial charge on any atom is -0.322 e. The van der Waals surface area contributed by atoms with Crippen LogP contribution in [0.2, 0.25) is 10.0 Å². The second-order valence-corrected chi connectivity index (χ2v) is 9.09. The molecule has 1 saturated heterocycles. The molecule has 0 unspecified atom stereocenters. The van der Waals surface area contributed by atoms with Crippen molar-refractivity contribution in [1.82, 2.24) is 0 Å². The van der Waals surface area contributed by atoms with Gasteiger partial charge in [0.2, 0.25) is 0 Å². The number of anilines is 2. The van der Waals surface area contributed by atoms with E-state index in [2.05, 4.69) is 5.32 Å². The Morgan fingerprint density at radius 2 is 1.86 bits per heavy atom. The number of rotatable bonds is 3. The topological polar surface area (TPSA) is 72.8 Å². The molecule has 0 aliphatic carbocycles. The number of nitrogens with zero attached hydrogens (tertiary/aromatic N) is 1. The molecule has 3 N–H and O–H groups in total. The Balaban J connectivity index is 1.89. The van der Waals surface area contributed by atoms with E-state index in [4.69, 9.17) is 23.2 Å². The number of amides is 1. The van der Waals surface area contributed by atoms with Crippen LogP contribution >= 0.6 is 34.0 Å². The minimum atomic E-state index is -4.62. The third kappa shape index (κ3) is 4.49. The van der Waals surface area contributed by atoms with Crippen LogP contribution in [0.4, 0.5) is 24.5 Å². The van der Waals surface area contributed by atoms with E-state index in [1.807, 2.05) is 0 Å². The Kier molecular flexibility index (Phi) is 5.75. The molecule has 1 fully saturated rings. The van der Waals surface area contributed by atoms with Crippen molar-refractivity contribution in [3.8, 4) is 0 Å². The molecule has 0 bridgehead atoms. The van der Waals surface area contributed by atoms with Gasteiger partial charge in [0.25, 0.3) is 5.91 Å². The molecule has 1 aliphatic rings. The third-order valence-electron chi connectivity index (χ3n) is 4.10. The summed E-state index contributed by atoms with van der Waals surface area (Å²) in [5, 5.41) is 2.23. The van der Waals surface area contributed by atoms with Crippen LogP contribution in [0.25, 0.3) is 0 Å². The lowest BCUT2D eigenvalue weighted by atomic mass is 10.1. The number of hydrogen-bond acceptors (Lipinski definition) is 4. The molecular formula is C17H15Cl2F3N2O3S. The average molecular weight is 455 g/mol. The molecule has 2 aromatic rings. The van der Waals surface area contributed by atoms with Gasteiger partial charge < -0.3 is 5.32 Å². The first kappa shape index (κ1) is 21.1. The maximum absolute atomic E-state index is 12.9. The van der Waals surface area contributed by atoms with E-state index in [1.165, 1.54) is 22.5 Å². The second kappa shape index (κ2) is 7.64. The molecule has 0 spiro atoms. The highest BCUT2D eigenvalue weighted by Gasteiger charge is 2.32. The zero-order valence-electron chi connectivity index (χ0n) is 14.1. The van der Waals surface area contributed by atoms with Crippen LogP contribution in [0.15, 0.2) is 36.4 Å². The smallest absolute Gasteiger partial charge is 0.322 e. The monoisotopic (exact) mass is 454 g/mol. The fourth-order valence-electron chi connectivity index (χ4n) is 2.82. The van der Waals surface area contributed by atoms with E-state index in [0.29, 0.717) is 18.7 Å². The van der Waals surface area contributed by atoms with Gasteiger partial charge in [-0.25, -0.2) is 0 Å². The molecule has 152 valence electrons. The van der Waals surface area contributed by atoms with Gasteiger partial charge in [0.15, 0.2) is 0 Å². The minimum absolute atomic E-state index is 0.0187. The first-order valence-electron chi connectivity index (χ1n) is 8.00. The van der Waals surface area contributed by atoms with E-state index in [-0.39, 0.29) is 27.0 Å². The van der Waals surface area contributed by atoms with E-state index < -0.39 is 28.4 Å². The van der Waals surface area contributed by atoms with Gasteiger partial charge in [0.1, 0.15) is 0 Å². The van der Waals surface area contributed by atoms with Gasteiger partial charge in [-0.2, -0.15) is 13.2 Å². The quantitative estimate of drug-likeness (QED) is 0.520. The zero-order valence-corrected chi connectivity index (χ0v) is 16.5. The molecule has 1 amide bonds. The van der Waals surface area contributed by atoms with Gasteiger partial charge in [0, 0.05) is 17.3 Å². The number of alkyl halides is 3. The largest absolute Gasteiger partial charge is 0.416 e. The van der Waals surface area contributed by atoms with Crippen LogP contribution in [0.3, 0.4) is 0 Å². The summed E-state index contributed by atoms with van der Waals surface area (Å²) < 4.78 is 60.4. The molecule has 3 rings (SSSR count). The van der Waals surface area contributed by atoms with Crippen LogP contribution < -0.4 is 9.62 Å². The Morgan fingerprint density at radius 3 is 2.46 bits per heavy atom. The molecular weight excluding hydrogens is 440 g/mol. The summed E-state index contributed by atoms with van der Waals surface area (Å²) >= 11 is 11.8. The SMILES string of the molecule is O=C(Nc1cc(Cl)cc(C(F)(F)F)c1)c1cc(N2CCCS2(O)O)ccc1Cl. The molecule has 28 heavy (non-hydrogen) atoms. The van der Waals surface area contributed by atoms with Crippen molar-refractivity contribution in [2.24, 2.45) is 0 Å². The standard InChI is InChI=1S/C17H15Cl2F3N2O3S/c18-11-6-10(17(20,21)22)7-12(8-11)23-16(25)14-9-13(2-3-15(14)19)24-4-1-5-28(24,26)27/h2-3,6-9,26-27H,1,4-5H2,(H,23,25). The number of halogens is 5. The maximum atomic E-state index is 12.9. The summed E-state index contributed by atoms with van der Waals surface area (Å²) in [6.45, 7) is 0.397. The lowest BCUT2D eigenvalue weighted by Crippen LogP contribution is -2.22. The number of hydrogen-bond donors (Lipinski definition) is 3. The van der Waals surface area contributed by atoms with Gasteiger partial charge in [-0.05, 0) is 42.8 Å². The maximum Gasteiger partial charge on any atom is 0.416 e. The highest BCUT2D eigenvalue weighted by atomic mass is 35.5. The molecule has 1 heterocycles. The van der Waals surface area contributed by atoms with Crippen LogP contribution in [0.1, 0.15) is 22.3 Å². The van der Waals surface area contributed by atoms with Crippen molar-refractivity contribution >= 4 is 51.3 Å². The molecule has 0 saturated carbocycles. The predicted octanol–water partition coefficient (Wildman–Crippen LogP) is 6.14. The van der Waals surface area contributed by atoms with Crippen molar-refractivity contribution in [1.29, 1.82) is 0 Å². The summed E-state index contributed by atoms with van der Waals surface area (Å²) in [5.41, 5.74) is -0.776. The Labute approximate surface area is 170 Å². The average Bonchev–Trinajstić information content (AvgIpc) is 2.93. The molecule has 11 heteroatoms. The lowest BCUT2D eigenvalue weighted by molar-refractivity contribution is -0.137. The van der Waals surface area contributed by atoms with Crippen molar-refractivity contribution < 1.29 is 27.1 Å². The highest BCUT2D eigenvalue weighted by molar-refractivity contribution is 8.25. The van der Waals surface area contributed by atoms with Crippen LogP contribution in [0.5, 0.6) is 0 Å². The van der Waals surface area contributed by atoms with E-state index in [0.717, 1.165) is 12.1 Å². The Bertz CT molecular complexity index is 925. The van der Waals surface area contributed by atoms with Gasteiger partial charge in [-0.15, -0.1) is 10.8 Å². The number of carbonyl (C=O) groups excluding carboxylic acids is 1. The van der Waals surface area contributed by atoms with Crippen LogP contribution in [-0.2, 0) is 6.18 Å². The lowest BCUT2D eigenvalue weighted by Gasteiger charge is -2.38. The predicted molar refractivity (Wildman–Crippen MR) is 106 cm³/mol. The third-order valence-corrected chi connectivity index (χ3v) is 6.58.